The monoisotopic (exact) mass is 306 g/mol. The molecule has 0 atom stereocenters. The lowest BCUT2D eigenvalue weighted by Crippen LogP contribution is -2.31. The van der Waals surface area contributed by atoms with Crippen LogP contribution in [0.3, 0.4) is 0 Å². The lowest BCUT2D eigenvalue weighted by molar-refractivity contribution is 0.0982. The molecule has 0 aliphatic rings. The average Bonchev–Trinajstić information content (AvgIpc) is 3.07. The zero-order valence-corrected chi connectivity index (χ0v) is 13.2. The van der Waals surface area contributed by atoms with Gasteiger partial charge in [-0.2, -0.15) is 0 Å². The van der Waals surface area contributed by atoms with E-state index in [0.717, 1.165) is 17.0 Å². The van der Waals surface area contributed by atoms with E-state index >= 15 is 0 Å². The Morgan fingerprint density at radius 1 is 1.09 bits per heavy atom. The summed E-state index contributed by atoms with van der Waals surface area (Å²) in [5.41, 5.74) is 3.30. The van der Waals surface area contributed by atoms with Crippen LogP contribution in [0.25, 0.3) is 0 Å². The molecular formula is C19H18N2O2. The molecule has 0 unspecified atom stereocenters. The molecular weight excluding hydrogens is 288 g/mol. The fraction of sp³-hybridized carbons (Fsp3) is 0.158. The first kappa shape index (κ1) is 15.0. The molecule has 23 heavy (non-hydrogen) atoms. The van der Waals surface area contributed by atoms with Crippen molar-refractivity contribution in [3.05, 3.63) is 83.6 Å². The van der Waals surface area contributed by atoms with E-state index in [4.69, 9.17) is 4.42 Å². The molecule has 0 aliphatic carbocycles. The molecule has 0 aliphatic heterocycles. The van der Waals surface area contributed by atoms with E-state index in [-0.39, 0.29) is 5.91 Å². The molecule has 0 saturated carbocycles. The Labute approximate surface area is 135 Å². The average molecular weight is 306 g/mol. The van der Waals surface area contributed by atoms with E-state index in [9.17, 15) is 4.79 Å². The second-order valence-corrected chi connectivity index (χ2v) is 5.44. The van der Waals surface area contributed by atoms with E-state index in [1.807, 2.05) is 50.2 Å². The van der Waals surface area contributed by atoms with Crippen LogP contribution in [0.5, 0.6) is 0 Å². The number of benzene rings is 1. The van der Waals surface area contributed by atoms with Gasteiger partial charge in [0.1, 0.15) is 5.76 Å². The number of amides is 1. The number of aromatic nitrogens is 1. The van der Waals surface area contributed by atoms with Gasteiger partial charge in [0.15, 0.2) is 0 Å². The number of anilines is 1. The third-order valence-corrected chi connectivity index (χ3v) is 3.72. The second-order valence-electron chi connectivity index (χ2n) is 5.44. The van der Waals surface area contributed by atoms with Gasteiger partial charge in [0.2, 0.25) is 0 Å². The standard InChI is InChI=1S/C19H18N2O2/c1-14-7-9-16(10-8-14)21(13-17-5-4-12-23-17)19(22)18-6-3-11-20-15(18)2/h3-12H,13H2,1-2H3. The smallest absolute Gasteiger partial charge is 0.260 e. The van der Waals surface area contributed by atoms with Crippen LogP contribution in [-0.4, -0.2) is 10.9 Å². The van der Waals surface area contributed by atoms with Crippen LogP contribution in [0.4, 0.5) is 5.69 Å². The van der Waals surface area contributed by atoms with E-state index in [1.54, 1.807) is 29.5 Å². The molecule has 0 bridgehead atoms. The summed E-state index contributed by atoms with van der Waals surface area (Å²) in [6, 6.07) is 15.1. The van der Waals surface area contributed by atoms with Crippen molar-refractivity contribution in [1.29, 1.82) is 0 Å². The second kappa shape index (κ2) is 6.48. The number of carbonyl (C=O) groups excluding carboxylic acids is 1. The summed E-state index contributed by atoms with van der Waals surface area (Å²) in [6.45, 7) is 4.24. The van der Waals surface area contributed by atoms with Gasteiger partial charge >= 0.3 is 0 Å². The third kappa shape index (κ3) is 3.31. The van der Waals surface area contributed by atoms with Crippen molar-refractivity contribution >= 4 is 11.6 Å². The maximum atomic E-state index is 13.0. The maximum Gasteiger partial charge on any atom is 0.260 e. The topological polar surface area (TPSA) is 46.3 Å². The number of pyridine rings is 1. The first-order valence-electron chi connectivity index (χ1n) is 7.47. The fourth-order valence-electron chi connectivity index (χ4n) is 2.42. The minimum atomic E-state index is -0.0872. The van der Waals surface area contributed by atoms with Gasteiger partial charge in [0.05, 0.1) is 18.4 Å². The Balaban J connectivity index is 1.99. The first-order chi connectivity index (χ1) is 11.1. The first-order valence-corrected chi connectivity index (χ1v) is 7.47. The zero-order valence-electron chi connectivity index (χ0n) is 13.2. The summed E-state index contributed by atoms with van der Waals surface area (Å²) in [7, 11) is 0. The number of aryl methyl sites for hydroxylation is 2. The Morgan fingerprint density at radius 3 is 2.52 bits per heavy atom. The van der Waals surface area contributed by atoms with Crippen molar-refractivity contribution in [2.75, 3.05) is 4.90 Å². The molecule has 1 aromatic carbocycles. The van der Waals surface area contributed by atoms with E-state index in [2.05, 4.69) is 4.98 Å². The van der Waals surface area contributed by atoms with E-state index < -0.39 is 0 Å². The molecule has 0 fully saturated rings. The normalized spacial score (nSPS) is 10.5. The minimum absolute atomic E-state index is 0.0872. The number of nitrogens with zero attached hydrogens (tertiary/aromatic N) is 2. The van der Waals surface area contributed by atoms with Crippen molar-refractivity contribution in [1.82, 2.24) is 4.98 Å². The van der Waals surface area contributed by atoms with Crippen LogP contribution in [0.1, 0.15) is 27.4 Å². The predicted octanol–water partition coefficient (Wildman–Crippen LogP) is 4.14. The third-order valence-electron chi connectivity index (χ3n) is 3.72. The van der Waals surface area contributed by atoms with Gasteiger partial charge in [-0.15, -0.1) is 0 Å². The van der Waals surface area contributed by atoms with Gasteiger partial charge < -0.3 is 9.32 Å². The lowest BCUT2D eigenvalue weighted by Gasteiger charge is -2.22. The van der Waals surface area contributed by atoms with Gasteiger partial charge in [-0.1, -0.05) is 17.7 Å². The highest BCUT2D eigenvalue weighted by Gasteiger charge is 2.21. The van der Waals surface area contributed by atoms with Gasteiger partial charge in [-0.25, -0.2) is 0 Å². The predicted molar refractivity (Wildman–Crippen MR) is 89.4 cm³/mol. The largest absolute Gasteiger partial charge is 0.467 e. The number of hydrogen-bond donors (Lipinski definition) is 0. The van der Waals surface area contributed by atoms with Gasteiger partial charge in [-0.3, -0.25) is 9.78 Å². The molecule has 116 valence electrons. The highest BCUT2D eigenvalue weighted by molar-refractivity contribution is 6.06. The van der Waals surface area contributed by atoms with Crippen molar-refractivity contribution in [3.8, 4) is 0 Å². The Hall–Kier alpha value is -2.88. The summed E-state index contributed by atoms with van der Waals surface area (Å²) in [4.78, 5) is 18.9. The SMILES string of the molecule is Cc1ccc(N(Cc2ccco2)C(=O)c2cccnc2C)cc1. The highest BCUT2D eigenvalue weighted by Crippen LogP contribution is 2.22. The Bertz CT molecular complexity index is 793. The lowest BCUT2D eigenvalue weighted by atomic mass is 10.1. The quantitative estimate of drug-likeness (QED) is 0.728. The van der Waals surface area contributed by atoms with E-state index in [0.29, 0.717) is 17.8 Å². The van der Waals surface area contributed by atoms with Crippen molar-refractivity contribution in [3.63, 3.8) is 0 Å². The van der Waals surface area contributed by atoms with Crippen LogP contribution in [0, 0.1) is 13.8 Å². The van der Waals surface area contributed by atoms with Crippen LogP contribution in [-0.2, 0) is 6.54 Å². The number of carbonyl (C=O) groups is 1. The number of furan rings is 1. The molecule has 0 N–H and O–H groups in total. The molecule has 0 radical (unpaired) electrons. The molecule has 0 spiro atoms. The fourth-order valence-corrected chi connectivity index (χ4v) is 2.42. The van der Waals surface area contributed by atoms with Gasteiger partial charge in [0, 0.05) is 17.6 Å². The summed E-state index contributed by atoms with van der Waals surface area (Å²) < 4.78 is 5.42. The Kier molecular flexibility index (Phi) is 4.24. The highest BCUT2D eigenvalue weighted by atomic mass is 16.3. The summed E-state index contributed by atoms with van der Waals surface area (Å²) in [5, 5.41) is 0. The van der Waals surface area contributed by atoms with Gasteiger partial charge in [0.25, 0.3) is 5.91 Å². The van der Waals surface area contributed by atoms with Crippen LogP contribution < -0.4 is 4.90 Å². The maximum absolute atomic E-state index is 13.0. The summed E-state index contributed by atoms with van der Waals surface area (Å²) in [5.74, 6) is 0.649. The van der Waals surface area contributed by atoms with Crippen molar-refractivity contribution in [2.24, 2.45) is 0 Å². The number of hydrogen-bond acceptors (Lipinski definition) is 3. The molecule has 3 aromatic rings. The molecule has 1 amide bonds. The van der Waals surface area contributed by atoms with E-state index in [1.165, 1.54) is 0 Å². The van der Waals surface area contributed by atoms with Crippen LogP contribution in [0.2, 0.25) is 0 Å². The molecule has 4 heteroatoms. The molecule has 0 saturated heterocycles. The number of rotatable bonds is 4. The Morgan fingerprint density at radius 2 is 1.87 bits per heavy atom. The summed E-state index contributed by atoms with van der Waals surface area (Å²) >= 11 is 0. The molecule has 3 rings (SSSR count). The van der Waals surface area contributed by atoms with Crippen molar-refractivity contribution in [2.45, 2.75) is 20.4 Å². The van der Waals surface area contributed by atoms with Crippen LogP contribution in [0.15, 0.2) is 65.4 Å². The molecule has 2 aromatic heterocycles. The minimum Gasteiger partial charge on any atom is -0.467 e. The van der Waals surface area contributed by atoms with Crippen LogP contribution >= 0.6 is 0 Å². The zero-order chi connectivity index (χ0) is 16.2. The molecule has 2 heterocycles. The molecule has 4 nitrogen and oxygen atoms in total. The van der Waals surface area contributed by atoms with Crippen molar-refractivity contribution < 1.29 is 9.21 Å². The summed E-state index contributed by atoms with van der Waals surface area (Å²) in [6.07, 6.45) is 3.30. The van der Waals surface area contributed by atoms with Gasteiger partial charge in [-0.05, 0) is 50.2 Å².